The summed E-state index contributed by atoms with van der Waals surface area (Å²) in [6, 6.07) is 0.687. The number of nitrogens with one attached hydrogen (secondary N) is 1. The Morgan fingerprint density at radius 1 is 1.06 bits per heavy atom. The highest BCUT2D eigenvalue weighted by molar-refractivity contribution is 4.86. The molecule has 3 nitrogen and oxygen atoms in total. The van der Waals surface area contributed by atoms with Crippen molar-refractivity contribution in [3.05, 3.63) is 0 Å². The molecule has 0 amide bonds. The maximum Gasteiger partial charge on any atom is 0.0244 e. The van der Waals surface area contributed by atoms with Crippen LogP contribution in [0.3, 0.4) is 0 Å². The van der Waals surface area contributed by atoms with Crippen molar-refractivity contribution in [2.24, 2.45) is 5.92 Å². The predicted octanol–water partition coefficient (Wildman–Crippen LogP) is 2.04. The summed E-state index contributed by atoms with van der Waals surface area (Å²) in [4.78, 5) is 5.28. The number of hydrogen-bond donors (Lipinski definition) is 1. The first-order valence-corrected chi connectivity index (χ1v) is 7.56. The van der Waals surface area contributed by atoms with Crippen molar-refractivity contribution >= 4 is 0 Å². The lowest BCUT2D eigenvalue weighted by atomic mass is 10.00. The molecule has 0 spiro atoms. The Kier molecular flexibility index (Phi) is 6.09. The summed E-state index contributed by atoms with van der Waals surface area (Å²) >= 11 is 0. The van der Waals surface area contributed by atoms with Crippen LogP contribution < -0.4 is 5.32 Å². The molecule has 0 aromatic rings. The number of likely N-dealkylation sites (N-methyl/N-ethyl adjacent to an activating group) is 1. The van der Waals surface area contributed by atoms with E-state index in [1.165, 1.54) is 26.2 Å². The first-order valence-electron chi connectivity index (χ1n) is 7.56. The van der Waals surface area contributed by atoms with E-state index in [1.54, 1.807) is 0 Å². The normalized spacial score (nSPS) is 21.5. The van der Waals surface area contributed by atoms with E-state index in [1.807, 2.05) is 0 Å². The Morgan fingerprint density at radius 2 is 1.61 bits per heavy atom. The van der Waals surface area contributed by atoms with Gasteiger partial charge in [-0.3, -0.25) is 9.80 Å². The number of piperazine rings is 1. The Hall–Kier alpha value is -0.120. The van der Waals surface area contributed by atoms with Gasteiger partial charge in [-0.15, -0.1) is 0 Å². The minimum Gasteiger partial charge on any atom is -0.315 e. The quantitative estimate of drug-likeness (QED) is 0.811. The topological polar surface area (TPSA) is 18.5 Å². The van der Waals surface area contributed by atoms with Gasteiger partial charge in [-0.1, -0.05) is 20.8 Å². The first-order chi connectivity index (χ1) is 8.36. The van der Waals surface area contributed by atoms with Crippen LogP contribution in [0.2, 0.25) is 0 Å². The number of rotatable bonds is 5. The van der Waals surface area contributed by atoms with Gasteiger partial charge in [0.15, 0.2) is 0 Å². The fourth-order valence-corrected chi connectivity index (χ4v) is 2.80. The fourth-order valence-electron chi connectivity index (χ4n) is 2.80. The van der Waals surface area contributed by atoms with Gasteiger partial charge in [0.1, 0.15) is 0 Å². The maximum atomic E-state index is 3.51. The van der Waals surface area contributed by atoms with Crippen LogP contribution in [0.1, 0.15) is 41.5 Å². The van der Waals surface area contributed by atoms with E-state index in [2.05, 4.69) is 56.7 Å². The third-order valence-electron chi connectivity index (χ3n) is 4.10. The lowest BCUT2D eigenvalue weighted by Gasteiger charge is -2.45. The third kappa shape index (κ3) is 4.52. The van der Waals surface area contributed by atoms with Crippen LogP contribution in [-0.4, -0.2) is 60.6 Å². The highest BCUT2D eigenvalue weighted by atomic mass is 15.3. The van der Waals surface area contributed by atoms with Crippen LogP contribution in [0.25, 0.3) is 0 Å². The van der Waals surface area contributed by atoms with Crippen molar-refractivity contribution in [2.75, 3.05) is 39.3 Å². The van der Waals surface area contributed by atoms with Crippen LogP contribution in [0.15, 0.2) is 0 Å². The molecule has 0 aromatic carbocycles. The van der Waals surface area contributed by atoms with Gasteiger partial charge in [0.25, 0.3) is 0 Å². The highest BCUT2D eigenvalue weighted by Crippen LogP contribution is 2.19. The van der Waals surface area contributed by atoms with Crippen molar-refractivity contribution in [3.63, 3.8) is 0 Å². The summed E-state index contributed by atoms with van der Waals surface area (Å²) in [6.45, 7) is 20.9. The van der Waals surface area contributed by atoms with E-state index in [-0.39, 0.29) is 0 Å². The SMILES string of the molecule is CCNCC(C(C)C)N1CCN(C(C)(C)C)CC1. The molecular formula is C15H33N3. The van der Waals surface area contributed by atoms with Gasteiger partial charge >= 0.3 is 0 Å². The van der Waals surface area contributed by atoms with Crippen LogP contribution in [0.5, 0.6) is 0 Å². The lowest BCUT2D eigenvalue weighted by Crippen LogP contribution is -2.58. The Morgan fingerprint density at radius 3 is 2.00 bits per heavy atom. The van der Waals surface area contributed by atoms with Crippen molar-refractivity contribution in [1.29, 1.82) is 0 Å². The average molecular weight is 255 g/mol. The van der Waals surface area contributed by atoms with Crippen molar-refractivity contribution < 1.29 is 0 Å². The molecule has 0 radical (unpaired) electrons. The zero-order valence-electron chi connectivity index (χ0n) is 13.3. The Labute approximate surface area is 114 Å². The van der Waals surface area contributed by atoms with E-state index in [4.69, 9.17) is 0 Å². The summed E-state index contributed by atoms with van der Waals surface area (Å²) in [5.74, 6) is 0.727. The van der Waals surface area contributed by atoms with Gasteiger partial charge in [0.05, 0.1) is 0 Å². The van der Waals surface area contributed by atoms with E-state index in [0.29, 0.717) is 11.6 Å². The monoisotopic (exact) mass is 255 g/mol. The highest BCUT2D eigenvalue weighted by Gasteiger charge is 2.29. The first kappa shape index (κ1) is 15.9. The fraction of sp³-hybridized carbons (Fsp3) is 1.00. The average Bonchev–Trinajstić information content (AvgIpc) is 2.28. The molecular weight excluding hydrogens is 222 g/mol. The molecule has 1 aliphatic rings. The summed E-state index contributed by atoms with van der Waals surface area (Å²) < 4.78 is 0. The molecule has 1 N–H and O–H groups in total. The van der Waals surface area contributed by atoms with E-state index < -0.39 is 0 Å². The molecule has 1 heterocycles. The standard InChI is InChI=1S/C15H33N3/c1-7-16-12-14(13(2)3)17-8-10-18(11-9-17)15(4,5)6/h13-14,16H,7-12H2,1-6H3. The largest absolute Gasteiger partial charge is 0.315 e. The molecule has 108 valence electrons. The van der Waals surface area contributed by atoms with Crippen LogP contribution in [0, 0.1) is 5.92 Å². The smallest absolute Gasteiger partial charge is 0.0244 e. The van der Waals surface area contributed by atoms with Gasteiger partial charge in [0.2, 0.25) is 0 Å². The molecule has 0 bridgehead atoms. The van der Waals surface area contributed by atoms with Gasteiger partial charge in [-0.25, -0.2) is 0 Å². The summed E-state index contributed by atoms with van der Waals surface area (Å²) in [7, 11) is 0. The third-order valence-corrected chi connectivity index (χ3v) is 4.10. The summed E-state index contributed by atoms with van der Waals surface area (Å²) in [5.41, 5.74) is 0.321. The van der Waals surface area contributed by atoms with E-state index in [9.17, 15) is 0 Å². The minimum absolute atomic E-state index is 0.321. The van der Waals surface area contributed by atoms with Crippen molar-refractivity contribution in [3.8, 4) is 0 Å². The molecule has 0 aromatic heterocycles. The molecule has 1 saturated heterocycles. The molecule has 1 atom stereocenters. The van der Waals surface area contributed by atoms with Crippen LogP contribution >= 0.6 is 0 Å². The predicted molar refractivity (Wildman–Crippen MR) is 80.1 cm³/mol. The molecule has 0 aliphatic carbocycles. The van der Waals surface area contributed by atoms with E-state index >= 15 is 0 Å². The number of hydrogen-bond acceptors (Lipinski definition) is 3. The second kappa shape index (κ2) is 6.88. The van der Waals surface area contributed by atoms with Crippen LogP contribution in [0.4, 0.5) is 0 Å². The molecule has 1 aliphatic heterocycles. The maximum absolute atomic E-state index is 3.51. The minimum atomic E-state index is 0.321. The molecule has 0 saturated carbocycles. The second-order valence-electron chi connectivity index (χ2n) is 6.81. The van der Waals surface area contributed by atoms with Crippen molar-refractivity contribution in [1.82, 2.24) is 15.1 Å². The Balaban J connectivity index is 2.48. The molecule has 1 unspecified atom stereocenters. The molecule has 1 rings (SSSR count). The van der Waals surface area contributed by atoms with Gasteiger partial charge in [-0.2, -0.15) is 0 Å². The van der Waals surface area contributed by atoms with Gasteiger partial charge in [0, 0.05) is 44.3 Å². The van der Waals surface area contributed by atoms with Crippen molar-refractivity contribution in [2.45, 2.75) is 53.1 Å². The molecule has 18 heavy (non-hydrogen) atoms. The summed E-state index contributed by atoms with van der Waals surface area (Å²) in [5, 5.41) is 3.51. The van der Waals surface area contributed by atoms with Gasteiger partial charge < -0.3 is 5.32 Å². The summed E-state index contributed by atoms with van der Waals surface area (Å²) in [6.07, 6.45) is 0. The molecule has 1 fully saturated rings. The molecule has 3 heteroatoms. The van der Waals surface area contributed by atoms with Crippen LogP contribution in [-0.2, 0) is 0 Å². The zero-order valence-corrected chi connectivity index (χ0v) is 13.3. The van der Waals surface area contributed by atoms with Gasteiger partial charge in [-0.05, 0) is 33.2 Å². The zero-order chi connectivity index (χ0) is 13.8. The Bertz CT molecular complexity index is 224. The van der Waals surface area contributed by atoms with E-state index in [0.717, 1.165) is 19.0 Å². The second-order valence-corrected chi connectivity index (χ2v) is 6.81. The number of nitrogens with zero attached hydrogens (tertiary/aromatic N) is 2. The lowest BCUT2D eigenvalue weighted by molar-refractivity contribution is 0.0313.